The number of rotatable bonds is 2. The Morgan fingerprint density at radius 2 is 0.955 bits per heavy atom. The Morgan fingerprint density at radius 1 is 0.545 bits per heavy atom. The maximum atomic E-state index is 8.65. The zero-order valence-corrected chi connectivity index (χ0v) is 12.0. The van der Waals surface area contributed by atoms with E-state index in [2.05, 4.69) is 5.32 Å². The molecule has 0 aliphatic heterocycles. The summed E-state index contributed by atoms with van der Waals surface area (Å²) in [6.07, 6.45) is 0. The van der Waals surface area contributed by atoms with Gasteiger partial charge in [0.2, 0.25) is 0 Å². The van der Waals surface area contributed by atoms with Crippen LogP contribution < -0.4 is 5.32 Å². The van der Waals surface area contributed by atoms with Crippen molar-refractivity contribution in [3.8, 4) is 11.5 Å². The van der Waals surface area contributed by atoms with Gasteiger partial charge in [-0.05, 0) is 36.4 Å². The molecule has 114 valence electrons. The third-order valence-corrected chi connectivity index (χ3v) is 2.67. The molecule has 3 aromatic carbocycles. The van der Waals surface area contributed by atoms with Crippen LogP contribution in [0.4, 0.5) is 11.4 Å². The molecule has 0 spiro atoms. The molecule has 5 N–H and O–H groups in total. The molecule has 0 saturated heterocycles. The molecule has 0 aromatic heterocycles. The third-order valence-electron chi connectivity index (χ3n) is 2.67. The average molecular weight is 297 g/mol. The molecule has 4 nitrogen and oxygen atoms in total. The first-order valence-electron chi connectivity index (χ1n) is 6.59. The van der Waals surface area contributed by atoms with Crippen LogP contribution in [0.3, 0.4) is 0 Å². The van der Waals surface area contributed by atoms with E-state index in [-0.39, 0.29) is 17.0 Å². The Morgan fingerprint density at radius 3 is 1.27 bits per heavy atom. The second-order valence-electron chi connectivity index (χ2n) is 4.38. The second kappa shape index (κ2) is 9.05. The predicted molar refractivity (Wildman–Crippen MR) is 89.6 cm³/mol. The Labute approximate surface area is 129 Å². The van der Waals surface area contributed by atoms with Gasteiger partial charge in [-0.25, -0.2) is 0 Å². The van der Waals surface area contributed by atoms with Gasteiger partial charge in [0.05, 0.1) is 0 Å². The van der Waals surface area contributed by atoms with Gasteiger partial charge in [0, 0.05) is 17.4 Å². The van der Waals surface area contributed by atoms with Crippen LogP contribution in [0.25, 0.3) is 0 Å². The van der Waals surface area contributed by atoms with Crippen LogP contribution in [-0.4, -0.2) is 15.7 Å². The van der Waals surface area contributed by atoms with Crippen molar-refractivity contribution < 1.29 is 15.7 Å². The highest BCUT2D eigenvalue weighted by Crippen LogP contribution is 2.15. The van der Waals surface area contributed by atoms with Crippen molar-refractivity contribution in [3.63, 3.8) is 0 Å². The monoisotopic (exact) mass is 297 g/mol. The molecule has 0 aliphatic rings. The van der Waals surface area contributed by atoms with Gasteiger partial charge in [-0.15, -0.1) is 0 Å². The summed E-state index contributed by atoms with van der Waals surface area (Å²) in [5, 5.41) is 20.6. The van der Waals surface area contributed by atoms with Crippen LogP contribution in [0, 0.1) is 0 Å². The fourth-order valence-corrected chi connectivity index (χ4v) is 1.70. The highest BCUT2D eigenvalue weighted by molar-refractivity contribution is 5.58. The van der Waals surface area contributed by atoms with Crippen molar-refractivity contribution in [1.29, 1.82) is 0 Å². The Kier molecular flexibility index (Phi) is 7.02. The smallest absolute Gasteiger partial charge is 0.119 e. The van der Waals surface area contributed by atoms with Gasteiger partial charge in [0.25, 0.3) is 0 Å². The summed E-state index contributed by atoms with van der Waals surface area (Å²) < 4.78 is 0. The van der Waals surface area contributed by atoms with Crippen LogP contribution in [0.1, 0.15) is 0 Å². The van der Waals surface area contributed by atoms with E-state index in [4.69, 9.17) is 10.2 Å². The summed E-state index contributed by atoms with van der Waals surface area (Å²) in [4.78, 5) is 0. The van der Waals surface area contributed by atoms with Crippen LogP contribution in [-0.2, 0) is 0 Å². The van der Waals surface area contributed by atoms with E-state index in [9.17, 15) is 0 Å². The molecule has 3 rings (SSSR count). The van der Waals surface area contributed by atoms with Gasteiger partial charge in [-0.1, -0.05) is 42.5 Å². The van der Waals surface area contributed by atoms with Gasteiger partial charge < -0.3 is 21.0 Å². The average Bonchev–Trinajstić information content (AvgIpc) is 2.50. The van der Waals surface area contributed by atoms with E-state index in [1.165, 1.54) is 18.2 Å². The molecule has 0 atom stereocenters. The summed E-state index contributed by atoms with van der Waals surface area (Å²) in [5.74, 6) is 0.176. The molecule has 0 bridgehead atoms. The molecule has 0 heterocycles. The van der Waals surface area contributed by atoms with E-state index < -0.39 is 0 Å². The second-order valence-corrected chi connectivity index (χ2v) is 4.38. The lowest BCUT2D eigenvalue weighted by Crippen LogP contribution is -1.87. The predicted octanol–water partition coefficient (Wildman–Crippen LogP) is 3.70. The Hall–Kier alpha value is -2.98. The van der Waals surface area contributed by atoms with E-state index >= 15 is 0 Å². The van der Waals surface area contributed by atoms with E-state index in [0.29, 0.717) is 0 Å². The number of phenolic OH excluding ortho intramolecular Hbond substituents is 2. The van der Waals surface area contributed by atoms with Crippen molar-refractivity contribution in [2.24, 2.45) is 0 Å². The maximum Gasteiger partial charge on any atom is 0.119 e. The van der Waals surface area contributed by atoms with Crippen molar-refractivity contribution in [2.45, 2.75) is 0 Å². The molecule has 0 saturated carbocycles. The van der Waals surface area contributed by atoms with Gasteiger partial charge in [0.1, 0.15) is 11.5 Å². The minimum Gasteiger partial charge on any atom is -0.508 e. The zero-order valence-electron chi connectivity index (χ0n) is 12.0. The van der Waals surface area contributed by atoms with Crippen molar-refractivity contribution in [1.82, 2.24) is 0 Å². The lowest BCUT2D eigenvalue weighted by molar-refractivity contribution is 0.450. The molecule has 3 aromatic rings. The number of anilines is 2. The first kappa shape index (κ1) is 17.1. The summed E-state index contributed by atoms with van der Waals surface area (Å²) in [6.45, 7) is 0. The number of hydrogen-bond acceptors (Lipinski definition) is 3. The Bertz CT molecular complexity index is 603. The van der Waals surface area contributed by atoms with Crippen LogP contribution in [0.5, 0.6) is 11.5 Å². The molecule has 0 radical (unpaired) electrons. The molecule has 0 unspecified atom stereocenters. The largest absolute Gasteiger partial charge is 0.508 e. The van der Waals surface area contributed by atoms with Crippen LogP contribution in [0.15, 0.2) is 84.9 Å². The number of hydrogen-bond donors (Lipinski definition) is 3. The number of para-hydroxylation sites is 2. The molecular formula is C18H19NO3. The zero-order chi connectivity index (χ0) is 14.9. The summed E-state index contributed by atoms with van der Waals surface area (Å²) in [6, 6.07) is 26.1. The van der Waals surface area contributed by atoms with Crippen molar-refractivity contribution in [3.05, 3.63) is 84.9 Å². The summed E-state index contributed by atoms with van der Waals surface area (Å²) >= 11 is 0. The van der Waals surface area contributed by atoms with E-state index in [1.54, 1.807) is 6.07 Å². The number of phenols is 2. The number of aromatic hydroxyl groups is 2. The minimum atomic E-state index is 0. The lowest BCUT2D eigenvalue weighted by Gasteiger charge is -2.04. The van der Waals surface area contributed by atoms with Gasteiger partial charge in [-0.3, -0.25) is 0 Å². The quantitative estimate of drug-likeness (QED) is 0.674. The fraction of sp³-hybridized carbons (Fsp3) is 0. The van der Waals surface area contributed by atoms with Gasteiger partial charge >= 0.3 is 0 Å². The van der Waals surface area contributed by atoms with E-state index in [1.807, 2.05) is 60.7 Å². The Balaban J connectivity index is 0.000000234. The maximum absolute atomic E-state index is 8.65. The van der Waals surface area contributed by atoms with Crippen LogP contribution >= 0.6 is 0 Å². The van der Waals surface area contributed by atoms with E-state index in [0.717, 1.165) is 11.4 Å². The topological polar surface area (TPSA) is 84.0 Å². The number of nitrogens with one attached hydrogen (secondary N) is 1. The summed E-state index contributed by atoms with van der Waals surface area (Å²) in [5.41, 5.74) is 2.24. The highest BCUT2D eigenvalue weighted by Gasteiger charge is 1.90. The lowest BCUT2D eigenvalue weighted by atomic mass is 10.3. The van der Waals surface area contributed by atoms with Crippen molar-refractivity contribution >= 4 is 11.4 Å². The standard InChI is InChI=1S/C12H11N.C6H6O2.H2O/c1-3-7-11(8-4-1)13-12-9-5-2-6-10-12;7-5-2-1-3-6(8)4-5;/h1-10,13H;1-4,7-8H;1H2. The first-order valence-corrected chi connectivity index (χ1v) is 6.59. The first-order chi connectivity index (χ1) is 10.2. The SMILES string of the molecule is O.Oc1cccc(O)c1.c1ccc(Nc2ccccc2)cc1. The molecule has 22 heavy (non-hydrogen) atoms. The minimum absolute atomic E-state index is 0. The molecule has 0 aliphatic carbocycles. The third kappa shape index (κ3) is 5.98. The summed E-state index contributed by atoms with van der Waals surface area (Å²) in [7, 11) is 0. The molecule has 4 heteroatoms. The molecular weight excluding hydrogens is 278 g/mol. The normalized spacial score (nSPS) is 8.91. The highest BCUT2D eigenvalue weighted by atomic mass is 16.3. The fourth-order valence-electron chi connectivity index (χ4n) is 1.70. The van der Waals surface area contributed by atoms with Crippen LogP contribution in [0.2, 0.25) is 0 Å². The van der Waals surface area contributed by atoms with Crippen molar-refractivity contribution in [2.75, 3.05) is 5.32 Å². The number of benzene rings is 3. The van der Waals surface area contributed by atoms with Gasteiger partial charge in [-0.2, -0.15) is 0 Å². The molecule has 0 amide bonds. The molecule has 0 fully saturated rings. The van der Waals surface area contributed by atoms with Gasteiger partial charge in [0.15, 0.2) is 0 Å².